The predicted molar refractivity (Wildman–Crippen MR) is 77.5 cm³/mol. The van der Waals surface area contributed by atoms with E-state index >= 15 is 0 Å². The highest BCUT2D eigenvalue weighted by Gasteiger charge is 2.29. The number of hydrogen-bond acceptors (Lipinski definition) is 1. The van der Waals surface area contributed by atoms with Crippen LogP contribution in [0.2, 0.25) is 5.02 Å². The molecule has 0 radical (unpaired) electrons. The summed E-state index contributed by atoms with van der Waals surface area (Å²) in [5.74, 6) is -0.235. The van der Waals surface area contributed by atoms with Crippen LogP contribution in [0.25, 0.3) is 0 Å². The monoisotopic (exact) mass is 269 g/mol. The van der Waals surface area contributed by atoms with Crippen LogP contribution in [0.4, 0.5) is 5.69 Å². The van der Waals surface area contributed by atoms with Gasteiger partial charge in [0, 0.05) is 22.2 Å². The van der Waals surface area contributed by atoms with Crippen molar-refractivity contribution in [2.45, 2.75) is 5.92 Å². The van der Waals surface area contributed by atoms with E-state index in [1.54, 1.807) is 0 Å². The molecule has 94 valence electrons. The number of benzene rings is 2. The number of fused-ring (bicyclic) bond motifs is 1. The minimum absolute atomic E-state index is 0.109. The molecule has 1 aliphatic rings. The average molecular weight is 270 g/mol. The Kier molecular flexibility index (Phi) is 2.88. The van der Waals surface area contributed by atoms with Gasteiger partial charge in [0.15, 0.2) is 0 Å². The standard InChI is InChI=1S/C16H12ClNO/c1-10-15(11-6-8-12(17)9-7-11)13-4-2-3-5-14(13)18-16(10)19/h2-9,15H,1H2,(H,18,19). The van der Waals surface area contributed by atoms with Crippen molar-refractivity contribution in [1.29, 1.82) is 0 Å². The van der Waals surface area contributed by atoms with Gasteiger partial charge in [0.1, 0.15) is 0 Å². The van der Waals surface area contributed by atoms with E-state index < -0.39 is 0 Å². The van der Waals surface area contributed by atoms with Crippen LogP contribution >= 0.6 is 11.6 Å². The summed E-state index contributed by atoms with van der Waals surface area (Å²) in [7, 11) is 0. The molecule has 0 aromatic heterocycles. The van der Waals surface area contributed by atoms with E-state index in [-0.39, 0.29) is 11.8 Å². The van der Waals surface area contributed by atoms with Crippen LogP contribution in [0.1, 0.15) is 17.0 Å². The maximum absolute atomic E-state index is 12.0. The molecular weight excluding hydrogens is 258 g/mol. The van der Waals surface area contributed by atoms with E-state index in [1.807, 2.05) is 48.5 Å². The molecule has 1 N–H and O–H groups in total. The van der Waals surface area contributed by atoms with Crippen LogP contribution in [0.15, 0.2) is 60.7 Å². The lowest BCUT2D eigenvalue weighted by Crippen LogP contribution is -2.26. The Balaban J connectivity index is 2.16. The Labute approximate surface area is 116 Å². The van der Waals surface area contributed by atoms with E-state index in [4.69, 9.17) is 11.6 Å². The second-order valence-corrected chi connectivity index (χ2v) is 4.99. The molecule has 1 aliphatic heterocycles. The number of anilines is 1. The number of amides is 1. The van der Waals surface area contributed by atoms with Crippen LogP contribution < -0.4 is 5.32 Å². The summed E-state index contributed by atoms with van der Waals surface area (Å²) in [6.45, 7) is 3.93. The molecule has 0 fully saturated rings. The lowest BCUT2D eigenvalue weighted by atomic mass is 9.82. The summed E-state index contributed by atoms with van der Waals surface area (Å²) in [4.78, 5) is 12.0. The van der Waals surface area contributed by atoms with Crippen molar-refractivity contribution in [3.63, 3.8) is 0 Å². The molecule has 1 unspecified atom stereocenters. The molecule has 3 rings (SSSR count). The quantitative estimate of drug-likeness (QED) is 0.780. The second-order valence-electron chi connectivity index (χ2n) is 4.55. The first-order valence-electron chi connectivity index (χ1n) is 6.01. The van der Waals surface area contributed by atoms with E-state index in [2.05, 4.69) is 11.9 Å². The summed E-state index contributed by atoms with van der Waals surface area (Å²) in [6.07, 6.45) is 0. The number of rotatable bonds is 1. The molecule has 1 heterocycles. The second kappa shape index (κ2) is 4.56. The highest BCUT2D eigenvalue weighted by atomic mass is 35.5. The van der Waals surface area contributed by atoms with Crippen molar-refractivity contribution in [1.82, 2.24) is 0 Å². The number of nitrogens with one attached hydrogen (secondary N) is 1. The maximum atomic E-state index is 12.0. The molecule has 1 amide bonds. The van der Waals surface area contributed by atoms with Crippen molar-refractivity contribution in [3.8, 4) is 0 Å². The fraction of sp³-hybridized carbons (Fsp3) is 0.0625. The van der Waals surface area contributed by atoms with Gasteiger partial charge in [-0.3, -0.25) is 4.79 Å². The Hall–Kier alpha value is -2.06. The average Bonchev–Trinajstić information content (AvgIpc) is 2.42. The van der Waals surface area contributed by atoms with Crippen molar-refractivity contribution in [3.05, 3.63) is 76.8 Å². The van der Waals surface area contributed by atoms with Gasteiger partial charge < -0.3 is 5.32 Å². The molecule has 0 spiro atoms. The lowest BCUT2D eigenvalue weighted by Gasteiger charge is -2.27. The van der Waals surface area contributed by atoms with Crippen molar-refractivity contribution >= 4 is 23.2 Å². The molecular formula is C16H12ClNO. The summed E-state index contributed by atoms with van der Waals surface area (Å²) in [5.41, 5.74) is 3.49. The van der Waals surface area contributed by atoms with Gasteiger partial charge in [-0.2, -0.15) is 0 Å². The summed E-state index contributed by atoms with van der Waals surface area (Å²) >= 11 is 5.91. The largest absolute Gasteiger partial charge is 0.322 e. The minimum atomic E-state index is -0.126. The van der Waals surface area contributed by atoms with Gasteiger partial charge in [-0.25, -0.2) is 0 Å². The van der Waals surface area contributed by atoms with Gasteiger partial charge in [0.25, 0.3) is 5.91 Å². The third kappa shape index (κ3) is 2.04. The van der Waals surface area contributed by atoms with E-state index in [9.17, 15) is 4.79 Å². The molecule has 19 heavy (non-hydrogen) atoms. The number of halogens is 1. The predicted octanol–water partition coefficient (Wildman–Crippen LogP) is 3.98. The zero-order valence-corrected chi connectivity index (χ0v) is 10.9. The van der Waals surface area contributed by atoms with Gasteiger partial charge >= 0.3 is 0 Å². The smallest absolute Gasteiger partial charge is 0.251 e. The molecule has 1 atom stereocenters. The SMILES string of the molecule is C=C1C(=O)Nc2ccccc2C1c1ccc(Cl)cc1. The van der Waals surface area contributed by atoms with Gasteiger partial charge in [0.2, 0.25) is 0 Å². The molecule has 0 saturated heterocycles. The van der Waals surface area contributed by atoms with Crippen LogP contribution in [0, 0.1) is 0 Å². The molecule has 2 nitrogen and oxygen atoms in total. The fourth-order valence-electron chi connectivity index (χ4n) is 2.42. The van der Waals surface area contributed by atoms with Gasteiger partial charge in [-0.15, -0.1) is 0 Å². The third-order valence-corrected chi connectivity index (χ3v) is 3.62. The topological polar surface area (TPSA) is 29.1 Å². The van der Waals surface area contributed by atoms with E-state index in [0.29, 0.717) is 10.6 Å². The van der Waals surface area contributed by atoms with Gasteiger partial charge in [-0.05, 0) is 29.3 Å². The lowest BCUT2D eigenvalue weighted by molar-refractivity contribution is -0.113. The molecule has 2 aromatic rings. The first-order chi connectivity index (χ1) is 9.16. The number of carbonyl (C=O) groups excluding carboxylic acids is 1. The molecule has 3 heteroatoms. The minimum Gasteiger partial charge on any atom is -0.322 e. The fourth-order valence-corrected chi connectivity index (χ4v) is 2.55. The number of para-hydroxylation sites is 1. The van der Waals surface area contributed by atoms with Crippen LogP contribution in [-0.2, 0) is 4.79 Å². The Morgan fingerprint density at radius 2 is 1.74 bits per heavy atom. The molecule has 2 aromatic carbocycles. The molecule has 0 aliphatic carbocycles. The highest BCUT2D eigenvalue weighted by Crippen LogP contribution is 2.39. The van der Waals surface area contributed by atoms with Crippen molar-refractivity contribution < 1.29 is 4.79 Å². The van der Waals surface area contributed by atoms with Crippen LogP contribution in [0.5, 0.6) is 0 Å². The Morgan fingerprint density at radius 1 is 1.05 bits per heavy atom. The maximum Gasteiger partial charge on any atom is 0.251 e. The van der Waals surface area contributed by atoms with Crippen molar-refractivity contribution in [2.75, 3.05) is 5.32 Å². The summed E-state index contributed by atoms with van der Waals surface area (Å²) < 4.78 is 0. The van der Waals surface area contributed by atoms with E-state index in [1.165, 1.54) is 0 Å². The number of hydrogen-bond donors (Lipinski definition) is 1. The van der Waals surface area contributed by atoms with Gasteiger partial charge in [-0.1, -0.05) is 48.5 Å². The van der Waals surface area contributed by atoms with Crippen LogP contribution in [0.3, 0.4) is 0 Å². The Morgan fingerprint density at radius 3 is 2.47 bits per heavy atom. The normalized spacial score (nSPS) is 17.8. The third-order valence-electron chi connectivity index (χ3n) is 3.36. The summed E-state index contributed by atoms with van der Waals surface area (Å²) in [6, 6.07) is 15.3. The zero-order valence-electron chi connectivity index (χ0n) is 10.2. The Bertz CT molecular complexity index is 661. The van der Waals surface area contributed by atoms with E-state index in [0.717, 1.165) is 16.8 Å². The summed E-state index contributed by atoms with van der Waals surface area (Å²) in [5, 5.41) is 3.54. The van der Waals surface area contributed by atoms with Crippen molar-refractivity contribution in [2.24, 2.45) is 0 Å². The van der Waals surface area contributed by atoms with Gasteiger partial charge in [0.05, 0.1) is 0 Å². The first kappa shape index (κ1) is 12.0. The highest BCUT2D eigenvalue weighted by molar-refractivity contribution is 6.30. The first-order valence-corrected chi connectivity index (χ1v) is 6.39. The molecule has 0 bridgehead atoms. The van der Waals surface area contributed by atoms with Crippen LogP contribution in [-0.4, -0.2) is 5.91 Å². The molecule has 0 saturated carbocycles. The zero-order chi connectivity index (χ0) is 13.4. The number of carbonyl (C=O) groups is 1.